The number of benzene rings is 1. The van der Waals surface area contributed by atoms with Crippen molar-refractivity contribution in [2.45, 2.75) is 31.6 Å². The minimum Gasteiger partial charge on any atom is -0.355 e. The molecule has 1 aromatic carbocycles. The lowest BCUT2D eigenvalue weighted by molar-refractivity contribution is -0.128. The summed E-state index contributed by atoms with van der Waals surface area (Å²) in [4.78, 5) is 14.4. The molecule has 0 aliphatic carbocycles. The van der Waals surface area contributed by atoms with Crippen LogP contribution in [0.1, 0.15) is 30.2 Å². The van der Waals surface area contributed by atoms with E-state index in [1.165, 1.54) is 15.6 Å². The van der Waals surface area contributed by atoms with E-state index in [0.717, 1.165) is 21.2 Å². The Balaban J connectivity index is 1.73. The average molecular weight is 441 g/mol. The number of piperidine rings is 1. The van der Waals surface area contributed by atoms with E-state index < -0.39 is 15.4 Å². The van der Waals surface area contributed by atoms with Crippen molar-refractivity contribution in [3.63, 3.8) is 0 Å². The summed E-state index contributed by atoms with van der Waals surface area (Å²) in [6.45, 7) is 2.90. The maximum atomic E-state index is 13.2. The Morgan fingerprint density at radius 1 is 1.18 bits per heavy atom. The highest BCUT2D eigenvalue weighted by molar-refractivity contribution is 7.89. The molecule has 2 heterocycles. The van der Waals surface area contributed by atoms with Gasteiger partial charge in [-0.2, -0.15) is 0 Å². The molecule has 1 fully saturated rings. The largest absolute Gasteiger partial charge is 0.355 e. The van der Waals surface area contributed by atoms with Crippen LogP contribution in [0.5, 0.6) is 0 Å². The summed E-state index contributed by atoms with van der Waals surface area (Å²) in [6, 6.07) is 13.5. The van der Waals surface area contributed by atoms with Crippen LogP contribution < -0.4 is 5.32 Å². The van der Waals surface area contributed by atoms with Crippen molar-refractivity contribution in [3.05, 3.63) is 57.2 Å². The first-order valence-electron chi connectivity index (χ1n) is 9.43. The summed E-state index contributed by atoms with van der Waals surface area (Å²) in [5.41, 5.74) is 0.244. The molecule has 1 saturated heterocycles. The minimum absolute atomic E-state index is 0.0325. The lowest BCUT2D eigenvalue weighted by Crippen LogP contribution is -2.53. The highest BCUT2D eigenvalue weighted by Crippen LogP contribution is 2.36. The molecule has 0 saturated carbocycles. The molecule has 152 valence electrons. The van der Waals surface area contributed by atoms with Gasteiger partial charge in [0.2, 0.25) is 15.9 Å². The highest BCUT2D eigenvalue weighted by atomic mass is 35.5. The topological polar surface area (TPSA) is 66.5 Å². The predicted molar refractivity (Wildman–Crippen MR) is 114 cm³/mol. The van der Waals surface area contributed by atoms with Gasteiger partial charge in [-0.3, -0.25) is 4.79 Å². The third-order valence-corrected chi connectivity index (χ3v) is 8.55. The molecule has 0 spiro atoms. The first-order chi connectivity index (χ1) is 13.4. The number of rotatable bonds is 7. The van der Waals surface area contributed by atoms with Crippen LogP contribution in [0.15, 0.2) is 42.5 Å². The van der Waals surface area contributed by atoms with Gasteiger partial charge < -0.3 is 5.32 Å². The molecule has 1 aliphatic heterocycles. The lowest BCUT2D eigenvalue weighted by atomic mass is 9.72. The van der Waals surface area contributed by atoms with Gasteiger partial charge in [0.1, 0.15) is 0 Å². The summed E-state index contributed by atoms with van der Waals surface area (Å²) in [5, 5.41) is 3.07. The molecular formula is C20H25ClN2O3S2. The van der Waals surface area contributed by atoms with E-state index in [4.69, 9.17) is 11.6 Å². The van der Waals surface area contributed by atoms with E-state index in [0.29, 0.717) is 32.5 Å². The van der Waals surface area contributed by atoms with Crippen LogP contribution in [0.25, 0.3) is 0 Å². The number of hydrogen-bond donors (Lipinski definition) is 1. The molecule has 0 unspecified atom stereocenters. The van der Waals surface area contributed by atoms with Crippen LogP contribution in [-0.4, -0.2) is 44.0 Å². The van der Waals surface area contributed by atoms with Crippen molar-refractivity contribution < 1.29 is 13.2 Å². The zero-order valence-electron chi connectivity index (χ0n) is 15.9. The third-order valence-electron chi connectivity index (χ3n) is 5.38. The van der Waals surface area contributed by atoms with Crippen molar-refractivity contribution in [1.82, 2.24) is 9.62 Å². The molecule has 1 N–H and O–H groups in total. The van der Waals surface area contributed by atoms with Crippen LogP contribution >= 0.6 is 22.9 Å². The van der Waals surface area contributed by atoms with E-state index in [2.05, 4.69) is 5.32 Å². The number of carbonyl (C=O) groups is 1. The smallest absolute Gasteiger partial charge is 0.230 e. The second kappa shape index (κ2) is 8.95. The van der Waals surface area contributed by atoms with Crippen molar-refractivity contribution in [1.29, 1.82) is 0 Å². The van der Waals surface area contributed by atoms with E-state index in [-0.39, 0.29) is 11.7 Å². The first-order valence-corrected chi connectivity index (χ1v) is 12.2. The Kier molecular flexibility index (Phi) is 6.81. The number of amides is 1. The molecule has 1 amide bonds. The Labute approximate surface area is 175 Å². The van der Waals surface area contributed by atoms with Gasteiger partial charge in [-0.15, -0.1) is 11.3 Å². The second-order valence-electron chi connectivity index (χ2n) is 6.96. The lowest BCUT2D eigenvalue weighted by Gasteiger charge is -2.40. The zero-order chi connectivity index (χ0) is 20.2. The van der Waals surface area contributed by atoms with Crippen LogP contribution in [0.4, 0.5) is 0 Å². The number of halogens is 1. The Bertz CT molecular complexity index is 905. The number of nitrogens with one attached hydrogen (secondary N) is 1. The molecule has 0 radical (unpaired) electrons. The standard InChI is InChI=1S/C20H25ClN2O3S2/c1-2-28(25,26)23-14-11-20(12-15-23,16-6-4-3-5-7-16)19(24)22-13-10-17-8-9-18(21)27-17/h3-9H,2,10-15H2,1H3,(H,22,24). The first kappa shape index (κ1) is 21.3. The second-order valence-corrected chi connectivity index (χ2v) is 11.0. The molecular weight excluding hydrogens is 416 g/mol. The van der Waals surface area contributed by atoms with E-state index in [9.17, 15) is 13.2 Å². The maximum absolute atomic E-state index is 13.2. The van der Waals surface area contributed by atoms with Crippen molar-refractivity contribution in [2.75, 3.05) is 25.4 Å². The molecule has 1 aliphatic rings. The number of thiophene rings is 1. The predicted octanol–water partition coefficient (Wildman–Crippen LogP) is 3.44. The number of hydrogen-bond acceptors (Lipinski definition) is 4. The highest BCUT2D eigenvalue weighted by Gasteiger charge is 2.44. The van der Waals surface area contributed by atoms with Crippen LogP contribution in [-0.2, 0) is 26.7 Å². The number of carbonyl (C=O) groups excluding carboxylic acids is 1. The summed E-state index contributed by atoms with van der Waals surface area (Å²) >= 11 is 7.48. The number of nitrogens with zero attached hydrogens (tertiary/aromatic N) is 1. The van der Waals surface area contributed by atoms with Gasteiger partial charge in [0, 0.05) is 24.5 Å². The van der Waals surface area contributed by atoms with Gasteiger partial charge >= 0.3 is 0 Å². The van der Waals surface area contributed by atoms with Crippen molar-refractivity contribution in [2.24, 2.45) is 0 Å². The van der Waals surface area contributed by atoms with Gasteiger partial charge in [0.25, 0.3) is 0 Å². The van der Waals surface area contributed by atoms with Crippen molar-refractivity contribution in [3.8, 4) is 0 Å². The monoisotopic (exact) mass is 440 g/mol. The SMILES string of the molecule is CCS(=O)(=O)N1CCC(C(=O)NCCc2ccc(Cl)s2)(c2ccccc2)CC1. The van der Waals surface area contributed by atoms with Gasteiger partial charge in [0.15, 0.2) is 0 Å². The minimum atomic E-state index is -3.24. The third kappa shape index (κ3) is 4.59. The van der Waals surface area contributed by atoms with E-state index >= 15 is 0 Å². The zero-order valence-corrected chi connectivity index (χ0v) is 18.2. The molecule has 2 aromatic rings. The fourth-order valence-corrected chi connectivity index (χ4v) is 5.88. The van der Waals surface area contributed by atoms with Crippen molar-refractivity contribution >= 4 is 38.9 Å². The molecule has 5 nitrogen and oxygen atoms in total. The summed E-state index contributed by atoms with van der Waals surface area (Å²) in [5.74, 6) is 0.0517. The van der Waals surface area contributed by atoms with E-state index in [1.54, 1.807) is 6.92 Å². The van der Waals surface area contributed by atoms with Gasteiger partial charge in [-0.05, 0) is 43.9 Å². The van der Waals surface area contributed by atoms with Gasteiger partial charge in [-0.1, -0.05) is 41.9 Å². The summed E-state index contributed by atoms with van der Waals surface area (Å²) < 4.78 is 26.7. The molecule has 0 bridgehead atoms. The Morgan fingerprint density at radius 3 is 2.43 bits per heavy atom. The molecule has 3 rings (SSSR count). The fourth-order valence-electron chi connectivity index (χ4n) is 3.69. The fraction of sp³-hybridized carbons (Fsp3) is 0.450. The molecule has 8 heteroatoms. The summed E-state index contributed by atoms with van der Waals surface area (Å²) in [7, 11) is -3.24. The Morgan fingerprint density at radius 2 is 1.86 bits per heavy atom. The number of sulfonamides is 1. The maximum Gasteiger partial charge on any atom is 0.230 e. The van der Waals surface area contributed by atoms with E-state index in [1.807, 2.05) is 42.5 Å². The molecule has 1 aromatic heterocycles. The normalized spacial score (nSPS) is 17.4. The van der Waals surface area contributed by atoms with Gasteiger partial charge in [0.05, 0.1) is 15.5 Å². The summed E-state index contributed by atoms with van der Waals surface area (Å²) in [6.07, 6.45) is 1.68. The van der Waals surface area contributed by atoms with Crippen LogP contribution in [0.2, 0.25) is 4.34 Å². The van der Waals surface area contributed by atoms with Crippen LogP contribution in [0, 0.1) is 0 Å². The quantitative estimate of drug-likeness (QED) is 0.717. The Hall–Kier alpha value is -1.41. The van der Waals surface area contributed by atoms with Gasteiger partial charge in [-0.25, -0.2) is 12.7 Å². The van der Waals surface area contributed by atoms with Crippen LogP contribution in [0.3, 0.4) is 0 Å². The average Bonchev–Trinajstić information content (AvgIpc) is 3.13. The molecule has 0 atom stereocenters. The molecule has 28 heavy (non-hydrogen) atoms.